The van der Waals surface area contributed by atoms with Crippen LogP contribution in [-0.2, 0) is 33.3 Å². The number of aliphatic carboxylic acids is 1. The van der Waals surface area contributed by atoms with Gasteiger partial charge >= 0.3 is 17.9 Å². The number of carbonyl (C=O) groups excluding carboxylic acids is 2. The fourth-order valence-corrected chi connectivity index (χ4v) is 7.45. The molecule has 64 heavy (non-hydrogen) atoms. The lowest BCUT2D eigenvalue weighted by Crippen LogP contribution is -2.40. The van der Waals surface area contributed by atoms with Gasteiger partial charge in [0.05, 0.1) is 34.4 Å². The maximum Gasteiger partial charge on any atom is 0.361 e. The van der Waals surface area contributed by atoms with Crippen LogP contribution in [0.15, 0.2) is 36.5 Å². The Hall–Kier alpha value is -2.49. The maximum atomic E-state index is 12.8. The number of unbranched alkanes of at least 4 members (excludes halogenated alkanes) is 28. The Balaban J connectivity index is 4.32. The number of allylic oxidation sites excluding steroid dienone is 6. The van der Waals surface area contributed by atoms with E-state index in [1.165, 1.54) is 161 Å². The second-order valence-electron chi connectivity index (χ2n) is 19.2. The summed E-state index contributed by atoms with van der Waals surface area (Å²) < 4.78 is 22.8. The summed E-state index contributed by atoms with van der Waals surface area (Å²) >= 11 is 0. The van der Waals surface area contributed by atoms with Gasteiger partial charge in [0.1, 0.15) is 13.2 Å². The summed E-state index contributed by atoms with van der Waals surface area (Å²) in [6.07, 6.45) is 52.0. The van der Waals surface area contributed by atoms with Gasteiger partial charge in [-0.25, -0.2) is 4.79 Å². The third kappa shape index (κ3) is 47.5. The van der Waals surface area contributed by atoms with E-state index in [2.05, 4.69) is 50.3 Å². The standard InChI is InChI=1S/C55H101NO8/c1-6-8-10-12-14-16-18-20-22-24-26-27-28-30-32-34-36-38-40-42-44-46-53(58)64-51(50-63-55(54(59)60)61-48-47-56(3,4)5)49-62-52(57)45-43-41-39-37-35-33-31-29-25-23-21-19-17-15-13-11-9-7-2/h18,20,23-26,51,55H,6-17,19,21-22,27-50H2,1-5H3/p+1/b20-18-,25-23-,26-24-. The molecule has 0 aromatic carbocycles. The van der Waals surface area contributed by atoms with Gasteiger partial charge in [0, 0.05) is 12.8 Å². The van der Waals surface area contributed by atoms with Gasteiger partial charge in [-0.2, -0.15) is 0 Å². The molecule has 0 aromatic rings. The van der Waals surface area contributed by atoms with Crippen molar-refractivity contribution in [3.8, 4) is 0 Å². The molecule has 0 radical (unpaired) electrons. The van der Waals surface area contributed by atoms with Crippen molar-refractivity contribution in [2.24, 2.45) is 0 Å². The third-order valence-electron chi connectivity index (χ3n) is 11.6. The predicted molar refractivity (Wildman–Crippen MR) is 267 cm³/mol. The largest absolute Gasteiger partial charge is 0.477 e. The number of hydrogen-bond donors (Lipinski definition) is 1. The Morgan fingerprint density at radius 3 is 1.25 bits per heavy atom. The van der Waals surface area contributed by atoms with Crippen molar-refractivity contribution in [3.63, 3.8) is 0 Å². The van der Waals surface area contributed by atoms with Crippen LogP contribution in [0.3, 0.4) is 0 Å². The van der Waals surface area contributed by atoms with Crippen molar-refractivity contribution >= 4 is 17.9 Å². The molecular formula is C55H102NO8+. The Morgan fingerprint density at radius 1 is 0.469 bits per heavy atom. The van der Waals surface area contributed by atoms with E-state index in [0.717, 1.165) is 51.4 Å². The molecule has 9 nitrogen and oxygen atoms in total. The Labute approximate surface area is 394 Å². The van der Waals surface area contributed by atoms with Crippen molar-refractivity contribution < 1.29 is 42.9 Å². The van der Waals surface area contributed by atoms with E-state index < -0.39 is 24.3 Å². The zero-order valence-electron chi connectivity index (χ0n) is 42.4. The highest BCUT2D eigenvalue weighted by Crippen LogP contribution is 2.15. The quantitative estimate of drug-likeness (QED) is 0.0211. The SMILES string of the molecule is CCCCCCC/C=C\C/C=C\CCCCCCCCCCCC(=O)OC(COC(=O)CCCCCCCCC/C=C\CCCCCCCCC)COC(OCC[N+](C)(C)C)C(=O)O. The van der Waals surface area contributed by atoms with E-state index in [0.29, 0.717) is 17.4 Å². The molecule has 0 rings (SSSR count). The number of quaternary nitrogens is 1. The molecule has 0 amide bonds. The van der Waals surface area contributed by atoms with Crippen molar-refractivity contribution in [3.05, 3.63) is 36.5 Å². The first-order valence-electron chi connectivity index (χ1n) is 26.7. The summed E-state index contributed by atoms with van der Waals surface area (Å²) in [5.74, 6) is -2.01. The monoisotopic (exact) mass is 905 g/mol. The van der Waals surface area contributed by atoms with Crippen LogP contribution in [0.4, 0.5) is 0 Å². The smallest absolute Gasteiger partial charge is 0.361 e. The molecule has 0 fully saturated rings. The topological polar surface area (TPSA) is 108 Å². The average molecular weight is 905 g/mol. The fourth-order valence-electron chi connectivity index (χ4n) is 7.45. The summed E-state index contributed by atoms with van der Waals surface area (Å²) in [7, 11) is 5.96. The van der Waals surface area contributed by atoms with Gasteiger partial charge in [0.2, 0.25) is 0 Å². The van der Waals surface area contributed by atoms with Gasteiger partial charge in [-0.3, -0.25) is 9.59 Å². The van der Waals surface area contributed by atoms with E-state index >= 15 is 0 Å². The Kier molecular flexibility index (Phi) is 45.2. The molecular weight excluding hydrogens is 803 g/mol. The molecule has 0 aromatic heterocycles. The van der Waals surface area contributed by atoms with Gasteiger partial charge in [-0.1, -0.05) is 192 Å². The number of carbonyl (C=O) groups is 3. The Morgan fingerprint density at radius 2 is 0.844 bits per heavy atom. The van der Waals surface area contributed by atoms with Crippen LogP contribution >= 0.6 is 0 Å². The van der Waals surface area contributed by atoms with Gasteiger partial charge in [0.25, 0.3) is 6.29 Å². The molecule has 2 unspecified atom stereocenters. The minimum absolute atomic E-state index is 0.184. The number of ether oxygens (including phenoxy) is 4. The summed E-state index contributed by atoms with van der Waals surface area (Å²) in [4.78, 5) is 37.3. The summed E-state index contributed by atoms with van der Waals surface area (Å²) in [5.41, 5.74) is 0. The van der Waals surface area contributed by atoms with Gasteiger partial charge in [-0.15, -0.1) is 0 Å². The van der Waals surface area contributed by atoms with Crippen LogP contribution in [0.5, 0.6) is 0 Å². The van der Waals surface area contributed by atoms with Gasteiger partial charge in [0.15, 0.2) is 6.10 Å². The molecule has 0 saturated carbocycles. The van der Waals surface area contributed by atoms with E-state index in [9.17, 15) is 19.5 Å². The number of carboxylic acids is 1. The van der Waals surface area contributed by atoms with Crippen molar-refractivity contribution in [1.82, 2.24) is 0 Å². The zero-order chi connectivity index (χ0) is 47.0. The summed E-state index contributed by atoms with van der Waals surface area (Å²) in [5, 5.41) is 9.68. The lowest BCUT2D eigenvalue weighted by atomic mass is 10.1. The lowest BCUT2D eigenvalue weighted by Gasteiger charge is -2.25. The molecule has 9 heteroatoms. The van der Waals surface area contributed by atoms with Crippen LogP contribution < -0.4 is 0 Å². The van der Waals surface area contributed by atoms with Crippen LogP contribution in [0, 0.1) is 0 Å². The van der Waals surface area contributed by atoms with E-state index in [1.54, 1.807) is 0 Å². The van der Waals surface area contributed by atoms with E-state index in [-0.39, 0.29) is 32.2 Å². The summed E-state index contributed by atoms with van der Waals surface area (Å²) in [6, 6.07) is 0. The van der Waals surface area contributed by atoms with Gasteiger partial charge in [-0.05, 0) is 70.6 Å². The molecule has 0 bridgehead atoms. The molecule has 0 saturated heterocycles. The minimum atomic E-state index is -1.51. The highest BCUT2D eigenvalue weighted by atomic mass is 16.7. The number of nitrogens with zero attached hydrogens (tertiary/aromatic N) is 1. The Bertz CT molecular complexity index is 1150. The van der Waals surface area contributed by atoms with Crippen molar-refractivity contribution in [2.75, 3.05) is 47.5 Å². The number of esters is 2. The van der Waals surface area contributed by atoms with Crippen LogP contribution in [-0.4, -0.2) is 87.4 Å². The number of likely N-dealkylation sites (N-methyl/N-ethyl adjacent to an activating group) is 1. The highest BCUT2D eigenvalue weighted by Gasteiger charge is 2.25. The first-order chi connectivity index (χ1) is 31.1. The molecule has 0 heterocycles. The molecule has 0 spiro atoms. The average Bonchev–Trinajstić information content (AvgIpc) is 3.26. The second-order valence-corrected chi connectivity index (χ2v) is 19.2. The zero-order valence-corrected chi connectivity index (χ0v) is 42.4. The minimum Gasteiger partial charge on any atom is -0.477 e. The van der Waals surface area contributed by atoms with Crippen molar-refractivity contribution in [1.29, 1.82) is 0 Å². The third-order valence-corrected chi connectivity index (χ3v) is 11.6. The molecule has 0 aliphatic rings. The lowest BCUT2D eigenvalue weighted by molar-refractivity contribution is -0.870. The van der Waals surface area contributed by atoms with Crippen LogP contribution in [0.1, 0.15) is 239 Å². The van der Waals surface area contributed by atoms with E-state index in [1.807, 2.05) is 21.1 Å². The highest BCUT2D eigenvalue weighted by molar-refractivity contribution is 5.71. The number of hydrogen-bond acceptors (Lipinski definition) is 7. The molecule has 1 N–H and O–H groups in total. The fraction of sp³-hybridized carbons (Fsp3) is 0.836. The van der Waals surface area contributed by atoms with Crippen molar-refractivity contribution in [2.45, 2.75) is 251 Å². The number of carboxylic acid groups (broad SMARTS) is 1. The second kappa shape index (κ2) is 47.0. The normalized spacial score (nSPS) is 13.1. The maximum absolute atomic E-state index is 12.8. The molecule has 0 aliphatic heterocycles. The van der Waals surface area contributed by atoms with Crippen LogP contribution in [0.2, 0.25) is 0 Å². The first-order valence-corrected chi connectivity index (χ1v) is 26.7. The number of rotatable bonds is 49. The summed E-state index contributed by atoms with van der Waals surface area (Å²) in [6.45, 7) is 4.87. The molecule has 0 aliphatic carbocycles. The first kappa shape index (κ1) is 61.5. The predicted octanol–water partition coefficient (Wildman–Crippen LogP) is 15.0. The van der Waals surface area contributed by atoms with E-state index in [4.69, 9.17) is 18.9 Å². The molecule has 374 valence electrons. The van der Waals surface area contributed by atoms with Gasteiger partial charge < -0.3 is 28.5 Å². The molecule has 2 atom stereocenters. The van der Waals surface area contributed by atoms with Crippen LogP contribution in [0.25, 0.3) is 0 Å².